The van der Waals surface area contributed by atoms with Crippen molar-refractivity contribution >= 4 is 27.3 Å². The van der Waals surface area contributed by atoms with Crippen LogP contribution in [0.2, 0.25) is 0 Å². The minimum absolute atomic E-state index is 0.785. The van der Waals surface area contributed by atoms with Gasteiger partial charge in [0.05, 0.1) is 18.0 Å². The molecule has 1 aromatic carbocycles. The van der Waals surface area contributed by atoms with Gasteiger partial charge in [-0.1, -0.05) is 6.07 Å². The molecule has 1 aliphatic heterocycles. The Hall–Kier alpha value is -1.08. The van der Waals surface area contributed by atoms with E-state index in [1.54, 1.807) is 14.2 Å². The Morgan fingerprint density at radius 3 is 2.17 bits per heavy atom. The molecule has 0 unspecified atom stereocenters. The molecule has 0 amide bonds. The lowest BCUT2D eigenvalue weighted by molar-refractivity contribution is 0.122. The lowest BCUT2D eigenvalue weighted by atomic mass is 10.1. The monoisotopic (exact) mass is 410 g/mol. The largest absolute Gasteiger partial charge is 0.493 e. The fourth-order valence-electron chi connectivity index (χ4n) is 3.00. The van der Waals surface area contributed by atoms with Gasteiger partial charge in [0, 0.05) is 44.1 Å². The Morgan fingerprint density at radius 1 is 0.917 bits per heavy atom. The first-order valence-corrected chi connectivity index (χ1v) is 9.68. The van der Waals surface area contributed by atoms with Crippen LogP contribution in [-0.2, 0) is 13.1 Å². The van der Waals surface area contributed by atoms with E-state index in [0.29, 0.717) is 0 Å². The maximum atomic E-state index is 5.40. The second-order valence-electron chi connectivity index (χ2n) is 5.95. The van der Waals surface area contributed by atoms with E-state index in [1.807, 2.05) is 17.4 Å². The molecule has 6 heteroatoms. The third-order valence-corrected chi connectivity index (χ3v) is 5.94. The Labute approximate surface area is 156 Å². The van der Waals surface area contributed by atoms with Crippen molar-refractivity contribution < 1.29 is 9.47 Å². The maximum absolute atomic E-state index is 5.40. The highest BCUT2D eigenvalue weighted by Gasteiger charge is 2.18. The average molecular weight is 411 g/mol. The SMILES string of the molecule is COc1ccc(CN2CCN(Cc3ccc(Br)s3)CC2)cc1OC. The Bertz CT molecular complexity index is 669. The summed E-state index contributed by atoms with van der Waals surface area (Å²) in [6.45, 7) is 6.44. The highest BCUT2D eigenvalue weighted by atomic mass is 79.9. The molecule has 0 bridgehead atoms. The quantitative estimate of drug-likeness (QED) is 0.721. The molecule has 0 radical (unpaired) electrons. The standard InChI is InChI=1S/C18H23BrN2O2S/c1-22-16-5-3-14(11-17(16)23-2)12-20-7-9-21(10-8-20)13-15-4-6-18(19)24-15/h3-6,11H,7-10,12-13H2,1-2H3. The summed E-state index contributed by atoms with van der Waals surface area (Å²) < 4.78 is 11.9. The van der Waals surface area contributed by atoms with Crippen LogP contribution in [-0.4, -0.2) is 50.2 Å². The number of hydrogen-bond acceptors (Lipinski definition) is 5. The summed E-state index contributed by atoms with van der Waals surface area (Å²) in [6.07, 6.45) is 0. The third kappa shape index (κ3) is 4.51. The first-order valence-electron chi connectivity index (χ1n) is 8.08. The summed E-state index contributed by atoms with van der Waals surface area (Å²) >= 11 is 5.37. The Kier molecular flexibility index (Phi) is 6.16. The molecular weight excluding hydrogens is 388 g/mol. The number of ether oxygens (including phenoxy) is 2. The van der Waals surface area contributed by atoms with Crippen LogP contribution < -0.4 is 9.47 Å². The molecule has 4 nitrogen and oxygen atoms in total. The van der Waals surface area contributed by atoms with Gasteiger partial charge in [-0.2, -0.15) is 0 Å². The number of methoxy groups -OCH3 is 2. The van der Waals surface area contributed by atoms with Gasteiger partial charge >= 0.3 is 0 Å². The van der Waals surface area contributed by atoms with E-state index < -0.39 is 0 Å². The third-order valence-electron chi connectivity index (χ3n) is 4.33. The molecule has 1 fully saturated rings. The maximum Gasteiger partial charge on any atom is 0.161 e. The Morgan fingerprint density at radius 2 is 1.58 bits per heavy atom. The molecule has 1 aromatic heterocycles. The summed E-state index contributed by atoms with van der Waals surface area (Å²) in [4.78, 5) is 6.46. The summed E-state index contributed by atoms with van der Waals surface area (Å²) in [7, 11) is 3.35. The zero-order valence-corrected chi connectivity index (χ0v) is 16.5. The summed E-state index contributed by atoms with van der Waals surface area (Å²) in [6, 6.07) is 10.5. The van der Waals surface area contributed by atoms with Gasteiger partial charge < -0.3 is 9.47 Å². The lowest BCUT2D eigenvalue weighted by Crippen LogP contribution is -2.45. The van der Waals surface area contributed by atoms with E-state index in [-0.39, 0.29) is 0 Å². The molecule has 0 atom stereocenters. The minimum Gasteiger partial charge on any atom is -0.493 e. The van der Waals surface area contributed by atoms with Gasteiger partial charge in [0.25, 0.3) is 0 Å². The summed E-state index contributed by atoms with van der Waals surface area (Å²) in [5, 5.41) is 0. The van der Waals surface area contributed by atoms with E-state index in [0.717, 1.165) is 50.8 Å². The Balaban J connectivity index is 1.52. The zero-order valence-electron chi connectivity index (χ0n) is 14.1. The van der Waals surface area contributed by atoms with E-state index >= 15 is 0 Å². The first kappa shape index (κ1) is 17.7. The van der Waals surface area contributed by atoms with Gasteiger partial charge in [0.2, 0.25) is 0 Å². The number of benzene rings is 1. The fourth-order valence-corrected chi connectivity index (χ4v) is 4.53. The second kappa shape index (κ2) is 8.34. The highest BCUT2D eigenvalue weighted by Crippen LogP contribution is 2.28. The molecule has 1 aliphatic rings. The molecule has 0 aliphatic carbocycles. The van der Waals surface area contributed by atoms with Crippen LogP contribution in [0, 0.1) is 0 Å². The molecule has 2 heterocycles. The minimum atomic E-state index is 0.785. The van der Waals surface area contributed by atoms with Gasteiger partial charge in [-0.15, -0.1) is 11.3 Å². The molecule has 3 rings (SSSR count). The van der Waals surface area contributed by atoms with Gasteiger partial charge in [-0.25, -0.2) is 0 Å². The fraction of sp³-hybridized carbons (Fsp3) is 0.444. The first-order chi connectivity index (χ1) is 11.7. The van der Waals surface area contributed by atoms with Crippen LogP contribution in [0.3, 0.4) is 0 Å². The van der Waals surface area contributed by atoms with Gasteiger partial charge in [0.1, 0.15) is 0 Å². The van der Waals surface area contributed by atoms with Gasteiger partial charge in [-0.3, -0.25) is 9.80 Å². The lowest BCUT2D eigenvalue weighted by Gasteiger charge is -2.34. The van der Waals surface area contributed by atoms with Crippen LogP contribution in [0.25, 0.3) is 0 Å². The summed E-state index contributed by atoms with van der Waals surface area (Å²) in [5.74, 6) is 1.59. The van der Waals surface area contributed by atoms with Crippen LogP contribution >= 0.6 is 27.3 Å². The summed E-state index contributed by atoms with van der Waals surface area (Å²) in [5.41, 5.74) is 1.27. The van der Waals surface area contributed by atoms with Crippen LogP contribution in [0.4, 0.5) is 0 Å². The van der Waals surface area contributed by atoms with Gasteiger partial charge in [-0.05, 0) is 45.8 Å². The normalized spacial score (nSPS) is 16.3. The molecule has 1 saturated heterocycles. The van der Waals surface area contributed by atoms with Crippen molar-refractivity contribution in [2.45, 2.75) is 13.1 Å². The average Bonchev–Trinajstić information content (AvgIpc) is 3.01. The van der Waals surface area contributed by atoms with Crippen molar-refractivity contribution in [2.75, 3.05) is 40.4 Å². The van der Waals surface area contributed by atoms with Crippen LogP contribution in [0.1, 0.15) is 10.4 Å². The molecule has 130 valence electrons. The van der Waals surface area contributed by atoms with E-state index in [1.165, 1.54) is 14.2 Å². The molecular formula is C18H23BrN2O2S. The van der Waals surface area contributed by atoms with Crippen LogP contribution in [0.15, 0.2) is 34.1 Å². The van der Waals surface area contributed by atoms with Crippen molar-refractivity contribution in [3.63, 3.8) is 0 Å². The molecule has 24 heavy (non-hydrogen) atoms. The number of nitrogens with zero attached hydrogens (tertiary/aromatic N) is 2. The number of piperazine rings is 1. The van der Waals surface area contributed by atoms with Crippen molar-refractivity contribution in [3.8, 4) is 11.5 Å². The van der Waals surface area contributed by atoms with E-state index in [4.69, 9.17) is 9.47 Å². The number of halogens is 1. The van der Waals surface area contributed by atoms with Crippen LogP contribution in [0.5, 0.6) is 11.5 Å². The number of thiophene rings is 1. The molecule has 0 spiro atoms. The van der Waals surface area contributed by atoms with Gasteiger partial charge in [0.15, 0.2) is 11.5 Å². The van der Waals surface area contributed by atoms with Crippen molar-refractivity contribution in [3.05, 3.63) is 44.6 Å². The second-order valence-corrected chi connectivity index (χ2v) is 8.50. The predicted molar refractivity (Wildman–Crippen MR) is 102 cm³/mol. The highest BCUT2D eigenvalue weighted by molar-refractivity contribution is 9.11. The van der Waals surface area contributed by atoms with Crippen molar-refractivity contribution in [2.24, 2.45) is 0 Å². The zero-order chi connectivity index (χ0) is 16.9. The molecule has 2 aromatic rings. The van der Waals surface area contributed by atoms with Crippen molar-refractivity contribution in [1.82, 2.24) is 9.80 Å². The number of rotatable bonds is 6. The van der Waals surface area contributed by atoms with E-state index in [9.17, 15) is 0 Å². The van der Waals surface area contributed by atoms with E-state index in [2.05, 4.69) is 50.0 Å². The number of hydrogen-bond donors (Lipinski definition) is 0. The van der Waals surface area contributed by atoms with Crippen molar-refractivity contribution in [1.29, 1.82) is 0 Å². The molecule has 0 N–H and O–H groups in total. The predicted octanol–water partition coefficient (Wildman–Crippen LogP) is 3.85. The molecule has 0 saturated carbocycles. The topological polar surface area (TPSA) is 24.9 Å². The smallest absolute Gasteiger partial charge is 0.161 e.